The number of thiophene rings is 1. The van der Waals surface area contributed by atoms with Gasteiger partial charge in [-0.2, -0.15) is 15.5 Å². The fourth-order valence-corrected chi connectivity index (χ4v) is 5.64. The highest BCUT2D eigenvalue weighted by Gasteiger charge is 2.26. The molecule has 0 bridgehead atoms. The number of nitriles is 1. The van der Waals surface area contributed by atoms with E-state index in [1.807, 2.05) is 12.1 Å². The summed E-state index contributed by atoms with van der Waals surface area (Å²) in [4.78, 5) is 19.6. The normalized spacial score (nSPS) is 13.4. The number of ether oxygens (including phenoxy) is 1. The third kappa shape index (κ3) is 5.64. The zero-order valence-corrected chi connectivity index (χ0v) is 22.1. The van der Waals surface area contributed by atoms with Crippen molar-refractivity contribution in [3.63, 3.8) is 0 Å². The molecule has 13 heteroatoms. The lowest BCUT2D eigenvalue weighted by atomic mass is 10.0. The van der Waals surface area contributed by atoms with E-state index in [0.29, 0.717) is 59.0 Å². The fraction of sp³-hybridized carbons (Fsp3) is 0.160. The Morgan fingerprint density at radius 1 is 1.21 bits per heavy atom. The molecule has 0 unspecified atom stereocenters. The number of aromatic amines is 1. The van der Waals surface area contributed by atoms with Crippen LogP contribution in [0.3, 0.4) is 0 Å². The largest absolute Gasteiger partial charge is 0.378 e. The van der Waals surface area contributed by atoms with Crippen molar-refractivity contribution in [2.24, 2.45) is 5.10 Å². The van der Waals surface area contributed by atoms with E-state index in [9.17, 15) is 10.1 Å². The summed E-state index contributed by atoms with van der Waals surface area (Å²) in [6, 6.07) is 14.0. The van der Waals surface area contributed by atoms with Gasteiger partial charge in [0.25, 0.3) is 0 Å². The number of hydrogen-bond acceptors (Lipinski definition) is 8. The van der Waals surface area contributed by atoms with Crippen LogP contribution in [-0.4, -0.2) is 53.7 Å². The van der Waals surface area contributed by atoms with Crippen molar-refractivity contribution in [3.05, 3.63) is 70.0 Å². The molecule has 0 saturated carbocycles. The molecular weight excluding hydrogens is 547 g/mol. The van der Waals surface area contributed by atoms with Crippen LogP contribution in [0, 0.1) is 11.3 Å². The van der Waals surface area contributed by atoms with Crippen LogP contribution in [0.5, 0.6) is 0 Å². The number of aromatic nitrogens is 3. The van der Waals surface area contributed by atoms with Gasteiger partial charge in [-0.25, -0.2) is 15.2 Å². The SMILES string of the molecule is N#Cc1c(N2CCOCC2)sc(-c2ncn[nH]2)c1-c1ccc(NC(=O)N/N=C/c2ccc(Cl)cc2Cl)cc1. The van der Waals surface area contributed by atoms with Gasteiger partial charge < -0.3 is 15.0 Å². The molecule has 3 N–H and O–H groups in total. The molecule has 0 aliphatic carbocycles. The molecule has 1 fully saturated rings. The Balaban J connectivity index is 1.35. The second-order valence-electron chi connectivity index (χ2n) is 8.10. The summed E-state index contributed by atoms with van der Waals surface area (Å²) in [7, 11) is 0. The van der Waals surface area contributed by atoms with Crippen LogP contribution in [0.4, 0.5) is 15.5 Å². The van der Waals surface area contributed by atoms with Crippen molar-refractivity contribution in [2.75, 3.05) is 36.5 Å². The summed E-state index contributed by atoms with van der Waals surface area (Å²) >= 11 is 13.5. The third-order valence-electron chi connectivity index (χ3n) is 5.69. The molecule has 0 spiro atoms. The Hall–Kier alpha value is -3.95. The van der Waals surface area contributed by atoms with Crippen LogP contribution >= 0.6 is 34.5 Å². The summed E-state index contributed by atoms with van der Waals surface area (Å²) in [5.41, 5.74) is 5.71. The van der Waals surface area contributed by atoms with E-state index < -0.39 is 6.03 Å². The average Bonchev–Trinajstić information content (AvgIpc) is 3.59. The smallest absolute Gasteiger partial charge is 0.339 e. The Kier molecular flexibility index (Phi) is 7.86. The van der Waals surface area contributed by atoms with Crippen LogP contribution in [0.25, 0.3) is 21.8 Å². The van der Waals surface area contributed by atoms with Gasteiger partial charge in [-0.3, -0.25) is 5.10 Å². The van der Waals surface area contributed by atoms with Crippen molar-refractivity contribution in [2.45, 2.75) is 0 Å². The Labute approximate surface area is 231 Å². The van der Waals surface area contributed by atoms with Crippen LogP contribution < -0.4 is 15.6 Å². The quantitative estimate of drug-likeness (QED) is 0.212. The van der Waals surface area contributed by atoms with E-state index in [1.54, 1.807) is 30.3 Å². The first-order valence-electron chi connectivity index (χ1n) is 11.4. The molecule has 192 valence electrons. The van der Waals surface area contributed by atoms with Gasteiger partial charge in [0, 0.05) is 34.9 Å². The second kappa shape index (κ2) is 11.6. The molecule has 5 rings (SSSR count). The highest BCUT2D eigenvalue weighted by atomic mass is 35.5. The first-order valence-corrected chi connectivity index (χ1v) is 13.0. The van der Waals surface area contributed by atoms with Gasteiger partial charge in [-0.15, -0.1) is 11.3 Å². The summed E-state index contributed by atoms with van der Waals surface area (Å²) in [5, 5.41) is 25.5. The number of urea groups is 1. The minimum absolute atomic E-state index is 0.422. The Morgan fingerprint density at radius 3 is 2.68 bits per heavy atom. The molecule has 38 heavy (non-hydrogen) atoms. The van der Waals surface area contributed by atoms with Crippen LogP contribution in [0.15, 0.2) is 53.9 Å². The van der Waals surface area contributed by atoms with Crippen LogP contribution in [0.2, 0.25) is 10.0 Å². The van der Waals surface area contributed by atoms with E-state index in [0.717, 1.165) is 21.0 Å². The monoisotopic (exact) mass is 566 g/mol. The molecule has 2 aromatic carbocycles. The number of H-pyrrole nitrogens is 1. The predicted molar refractivity (Wildman–Crippen MR) is 149 cm³/mol. The highest BCUT2D eigenvalue weighted by molar-refractivity contribution is 7.20. The minimum atomic E-state index is -0.524. The first-order chi connectivity index (χ1) is 18.5. The summed E-state index contributed by atoms with van der Waals surface area (Å²) in [5.74, 6) is 0.584. The maximum atomic E-state index is 12.3. The number of amides is 2. The van der Waals surface area contributed by atoms with Crippen LogP contribution in [-0.2, 0) is 4.74 Å². The number of nitrogens with one attached hydrogen (secondary N) is 3. The maximum absolute atomic E-state index is 12.3. The van der Waals surface area contributed by atoms with Crippen LogP contribution in [0.1, 0.15) is 11.1 Å². The molecule has 1 aliphatic rings. The number of anilines is 2. The molecule has 2 amide bonds. The average molecular weight is 567 g/mol. The number of hydrazone groups is 1. The van der Waals surface area contributed by atoms with E-state index in [4.69, 9.17) is 27.9 Å². The molecule has 2 aromatic heterocycles. The molecular formula is C25H20Cl2N8O2S. The molecule has 1 aliphatic heterocycles. The van der Waals surface area contributed by atoms with Crippen molar-refractivity contribution in [1.29, 1.82) is 5.26 Å². The summed E-state index contributed by atoms with van der Waals surface area (Å²) < 4.78 is 5.48. The number of carbonyl (C=O) groups excluding carboxylic acids is 1. The molecule has 3 heterocycles. The molecule has 1 saturated heterocycles. The third-order valence-corrected chi connectivity index (χ3v) is 7.51. The lowest BCUT2D eigenvalue weighted by Gasteiger charge is -2.27. The highest BCUT2D eigenvalue weighted by Crippen LogP contribution is 2.46. The molecule has 4 aromatic rings. The van der Waals surface area contributed by atoms with E-state index in [1.165, 1.54) is 23.9 Å². The van der Waals surface area contributed by atoms with Crippen molar-refractivity contribution < 1.29 is 9.53 Å². The maximum Gasteiger partial charge on any atom is 0.339 e. The summed E-state index contributed by atoms with van der Waals surface area (Å²) in [6.45, 7) is 2.62. The van der Waals surface area contributed by atoms with Gasteiger partial charge in [-0.05, 0) is 29.8 Å². The number of rotatable bonds is 6. The predicted octanol–water partition coefficient (Wildman–Crippen LogP) is 5.37. The Morgan fingerprint density at radius 2 is 2.00 bits per heavy atom. The Bertz CT molecular complexity index is 1510. The zero-order chi connectivity index (χ0) is 26.5. The number of carbonyl (C=O) groups is 1. The number of halogens is 2. The van der Waals surface area contributed by atoms with Crippen molar-refractivity contribution >= 4 is 57.5 Å². The van der Waals surface area contributed by atoms with Crippen molar-refractivity contribution in [1.82, 2.24) is 20.6 Å². The van der Waals surface area contributed by atoms with E-state index in [2.05, 4.69) is 42.0 Å². The standard InChI is InChI=1S/C25H20Cl2N8O2S/c26-17-4-1-16(20(27)11-17)13-30-34-25(36)32-18-5-2-15(3-6-18)21-19(12-28)24(35-7-9-37-10-8-35)38-22(21)23-29-14-31-33-23/h1-6,11,13-14H,7-10H2,(H,29,31,33)(H2,32,34,36)/b30-13+. The van der Waals surface area contributed by atoms with Gasteiger partial charge in [0.15, 0.2) is 5.82 Å². The van der Waals surface area contributed by atoms with E-state index >= 15 is 0 Å². The number of nitrogens with zero attached hydrogens (tertiary/aromatic N) is 5. The molecule has 10 nitrogen and oxygen atoms in total. The zero-order valence-electron chi connectivity index (χ0n) is 19.7. The van der Waals surface area contributed by atoms with Gasteiger partial charge in [0.1, 0.15) is 17.4 Å². The van der Waals surface area contributed by atoms with Gasteiger partial charge in [0.2, 0.25) is 0 Å². The fourth-order valence-electron chi connectivity index (χ4n) is 3.92. The molecule has 0 atom stereocenters. The van der Waals surface area contributed by atoms with Gasteiger partial charge in [0.05, 0.1) is 34.9 Å². The first kappa shape index (κ1) is 25.7. The van der Waals surface area contributed by atoms with Gasteiger partial charge in [-0.1, -0.05) is 41.4 Å². The molecule has 0 radical (unpaired) electrons. The van der Waals surface area contributed by atoms with Crippen molar-refractivity contribution in [3.8, 4) is 27.9 Å². The lowest BCUT2D eigenvalue weighted by Crippen LogP contribution is -2.36. The lowest BCUT2D eigenvalue weighted by molar-refractivity contribution is 0.123. The van der Waals surface area contributed by atoms with Gasteiger partial charge >= 0.3 is 6.03 Å². The number of hydrogen-bond donors (Lipinski definition) is 3. The number of morpholine rings is 1. The summed E-state index contributed by atoms with van der Waals surface area (Å²) in [6.07, 6.45) is 2.87. The number of benzene rings is 2. The minimum Gasteiger partial charge on any atom is -0.378 e. The topological polar surface area (TPSA) is 131 Å². The van der Waals surface area contributed by atoms with E-state index in [-0.39, 0.29) is 0 Å². The second-order valence-corrected chi connectivity index (χ2v) is 9.94.